The number of para-hydroxylation sites is 2. The van der Waals surface area contributed by atoms with Crippen molar-refractivity contribution in [3.8, 4) is 11.4 Å². The number of hydrogen-bond donors (Lipinski definition) is 1. The minimum atomic E-state index is -0.483. The molecule has 0 aliphatic carbocycles. The lowest BCUT2D eigenvalue weighted by atomic mass is 10.2. The van der Waals surface area contributed by atoms with E-state index in [0.29, 0.717) is 39.5 Å². The van der Waals surface area contributed by atoms with E-state index in [9.17, 15) is 20.2 Å². The summed E-state index contributed by atoms with van der Waals surface area (Å²) in [5, 5.41) is 34.1. The second-order valence-corrected chi connectivity index (χ2v) is 7.52. The Morgan fingerprint density at radius 3 is 2.64 bits per heavy atom. The molecule has 0 saturated heterocycles. The summed E-state index contributed by atoms with van der Waals surface area (Å²) in [6.45, 7) is 0.0630. The number of hydrogen-bond acceptors (Lipinski definition) is 10. The molecule has 13 heteroatoms. The van der Waals surface area contributed by atoms with E-state index in [1.165, 1.54) is 29.2 Å². The number of anilines is 2. The number of nitro groups is 2. The molecule has 0 bridgehead atoms. The molecule has 0 saturated carbocycles. The number of non-ortho nitro benzene ring substituents is 1. The highest BCUT2D eigenvalue weighted by atomic mass is 16.6. The molecular formula is C23H16N8O5. The molecule has 36 heavy (non-hydrogen) atoms. The molecule has 0 fully saturated rings. The van der Waals surface area contributed by atoms with Crippen molar-refractivity contribution in [1.82, 2.24) is 25.0 Å². The molecule has 2 aromatic heterocycles. The number of aromatic nitrogens is 5. The summed E-state index contributed by atoms with van der Waals surface area (Å²) in [6.07, 6.45) is 2.95. The molecule has 5 rings (SSSR count). The molecule has 0 atom stereocenters. The van der Waals surface area contributed by atoms with E-state index in [1.54, 1.807) is 54.7 Å². The number of nitrogens with zero attached hydrogens (tertiary/aromatic N) is 7. The monoisotopic (exact) mass is 484 g/mol. The lowest BCUT2D eigenvalue weighted by Crippen LogP contribution is -2.00. The standard InChI is InChI=1S/C23H16N8O5/c32-30(33)17-5-3-4-15(10-17)26-23-19-11-18(8-9-20(19)24-14-25-23)36-13-16-12-29(28-27-16)21-6-1-2-7-22(21)31(34)35/h1-12,14H,13H2,(H,24,25,26). The Morgan fingerprint density at radius 1 is 0.944 bits per heavy atom. The third-order valence-corrected chi connectivity index (χ3v) is 5.18. The van der Waals surface area contributed by atoms with Gasteiger partial charge in [0.05, 0.1) is 21.6 Å². The van der Waals surface area contributed by atoms with Crippen molar-refractivity contribution in [2.24, 2.45) is 0 Å². The molecule has 2 heterocycles. The average Bonchev–Trinajstić information content (AvgIpc) is 3.37. The predicted molar refractivity (Wildman–Crippen MR) is 128 cm³/mol. The van der Waals surface area contributed by atoms with Gasteiger partial charge in [0.1, 0.15) is 35.9 Å². The van der Waals surface area contributed by atoms with Crippen LogP contribution >= 0.6 is 0 Å². The summed E-state index contributed by atoms with van der Waals surface area (Å²) in [7, 11) is 0. The van der Waals surface area contributed by atoms with Crippen LogP contribution in [-0.2, 0) is 6.61 Å². The fourth-order valence-electron chi connectivity index (χ4n) is 3.51. The van der Waals surface area contributed by atoms with Gasteiger partial charge in [0, 0.05) is 29.3 Å². The van der Waals surface area contributed by atoms with Crippen LogP contribution < -0.4 is 10.1 Å². The van der Waals surface area contributed by atoms with Crippen molar-refractivity contribution in [2.45, 2.75) is 6.61 Å². The van der Waals surface area contributed by atoms with Gasteiger partial charge in [-0.05, 0) is 30.3 Å². The zero-order valence-electron chi connectivity index (χ0n) is 18.4. The second-order valence-electron chi connectivity index (χ2n) is 7.52. The molecule has 5 aromatic rings. The van der Waals surface area contributed by atoms with Crippen LogP contribution in [0.5, 0.6) is 5.75 Å². The summed E-state index contributed by atoms with van der Waals surface area (Å²) >= 11 is 0. The molecule has 0 aliphatic heterocycles. The lowest BCUT2D eigenvalue weighted by molar-refractivity contribution is -0.384. The summed E-state index contributed by atoms with van der Waals surface area (Å²) < 4.78 is 7.19. The fraction of sp³-hybridized carbons (Fsp3) is 0.0435. The molecule has 0 radical (unpaired) electrons. The maximum Gasteiger partial charge on any atom is 0.294 e. The Labute approximate surface area is 202 Å². The molecular weight excluding hydrogens is 468 g/mol. The number of rotatable bonds is 8. The topological polar surface area (TPSA) is 164 Å². The number of benzene rings is 3. The van der Waals surface area contributed by atoms with Gasteiger partial charge in [0.25, 0.3) is 11.4 Å². The van der Waals surface area contributed by atoms with Gasteiger partial charge in [-0.25, -0.2) is 14.6 Å². The molecule has 0 amide bonds. The third-order valence-electron chi connectivity index (χ3n) is 5.18. The number of ether oxygens (including phenoxy) is 1. The van der Waals surface area contributed by atoms with Crippen LogP contribution in [0.2, 0.25) is 0 Å². The Kier molecular flexibility index (Phi) is 5.85. The van der Waals surface area contributed by atoms with Gasteiger partial charge in [-0.1, -0.05) is 23.4 Å². The zero-order valence-corrected chi connectivity index (χ0v) is 18.4. The van der Waals surface area contributed by atoms with Crippen LogP contribution in [-0.4, -0.2) is 34.8 Å². The van der Waals surface area contributed by atoms with E-state index in [4.69, 9.17) is 4.74 Å². The molecule has 13 nitrogen and oxygen atoms in total. The van der Waals surface area contributed by atoms with Gasteiger partial charge in [-0.2, -0.15) is 0 Å². The average molecular weight is 484 g/mol. The maximum atomic E-state index is 11.3. The zero-order chi connectivity index (χ0) is 25.1. The molecule has 0 aliphatic rings. The molecule has 1 N–H and O–H groups in total. The van der Waals surface area contributed by atoms with Gasteiger partial charge in [-0.15, -0.1) is 5.10 Å². The first-order valence-corrected chi connectivity index (χ1v) is 10.5. The van der Waals surface area contributed by atoms with E-state index < -0.39 is 9.85 Å². The van der Waals surface area contributed by atoms with E-state index in [-0.39, 0.29) is 18.0 Å². The third kappa shape index (κ3) is 4.61. The van der Waals surface area contributed by atoms with Gasteiger partial charge >= 0.3 is 0 Å². The van der Waals surface area contributed by atoms with Crippen LogP contribution in [0.4, 0.5) is 22.9 Å². The SMILES string of the molecule is O=[N+]([O-])c1cccc(Nc2ncnc3ccc(OCc4cn(-c5ccccc5[N+](=O)[O-])nn4)cc23)c1. The maximum absolute atomic E-state index is 11.3. The predicted octanol–water partition coefficient (Wildman–Crippen LogP) is 4.35. The van der Waals surface area contributed by atoms with Gasteiger partial charge < -0.3 is 10.1 Å². The largest absolute Gasteiger partial charge is 0.487 e. The molecule has 3 aromatic carbocycles. The Hall–Kier alpha value is -5.46. The quantitative estimate of drug-likeness (QED) is 0.247. The highest BCUT2D eigenvalue weighted by Gasteiger charge is 2.16. The number of nitrogens with one attached hydrogen (secondary N) is 1. The number of nitro benzene ring substituents is 2. The van der Waals surface area contributed by atoms with Gasteiger partial charge in [0.15, 0.2) is 0 Å². The van der Waals surface area contributed by atoms with Crippen molar-refractivity contribution in [3.05, 3.63) is 105 Å². The van der Waals surface area contributed by atoms with Gasteiger partial charge in [0.2, 0.25) is 0 Å². The van der Waals surface area contributed by atoms with Crippen LogP contribution in [0.25, 0.3) is 16.6 Å². The molecule has 178 valence electrons. The smallest absolute Gasteiger partial charge is 0.294 e. The first-order chi connectivity index (χ1) is 17.5. The normalized spacial score (nSPS) is 10.8. The van der Waals surface area contributed by atoms with Crippen LogP contribution in [0.15, 0.2) is 79.3 Å². The first-order valence-electron chi connectivity index (χ1n) is 10.5. The van der Waals surface area contributed by atoms with Crippen LogP contribution in [0, 0.1) is 20.2 Å². The van der Waals surface area contributed by atoms with Crippen LogP contribution in [0.3, 0.4) is 0 Å². The summed E-state index contributed by atoms with van der Waals surface area (Å²) in [6, 6.07) is 17.5. The minimum absolute atomic E-state index is 0.0451. The second kappa shape index (κ2) is 9.42. The van der Waals surface area contributed by atoms with E-state index in [2.05, 4.69) is 25.6 Å². The van der Waals surface area contributed by atoms with E-state index in [1.807, 2.05) is 0 Å². The lowest BCUT2D eigenvalue weighted by Gasteiger charge is -2.10. The summed E-state index contributed by atoms with van der Waals surface area (Å²) in [5.74, 6) is 0.952. The number of fused-ring (bicyclic) bond motifs is 1. The fourth-order valence-corrected chi connectivity index (χ4v) is 3.51. The molecule has 0 spiro atoms. The van der Waals surface area contributed by atoms with Gasteiger partial charge in [-0.3, -0.25) is 20.2 Å². The minimum Gasteiger partial charge on any atom is -0.487 e. The van der Waals surface area contributed by atoms with Crippen molar-refractivity contribution >= 4 is 33.8 Å². The highest BCUT2D eigenvalue weighted by molar-refractivity contribution is 5.91. The summed E-state index contributed by atoms with van der Waals surface area (Å²) in [4.78, 5) is 29.9. The van der Waals surface area contributed by atoms with Crippen LogP contribution in [0.1, 0.15) is 5.69 Å². The van der Waals surface area contributed by atoms with Crippen molar-refractivity contribution in [3.63, 3.8) is 0 Å². The first kappa shape index (κ1) is 22.3. The summed E-state index contributed by atoms with van der Waals surface area (Å²) in [5.41, 5.74) is 1.77. The van der Waals surface area contributed by atoms with Crippen molar-refractivity contribution in [1.29, 1.82) is 0 Å². The Bertz CT molecular complexity index is 1600. The van der Waals surface area contributed by atoms with Crippen molar-refractivity contribution in [2.75, 3.05) is 5.32 Å². The highest BCUT2D eigenvalue weighted by Crippen LogP contribution is 2.28. The Balaban J connectivity index is 1.36. The molecule has 0 unspecified atom stereocenters. The van der Waals surface area contributed by atoms with Crippen molar-refractivity contribution < 1.29 is 14.6 Å². The Morgan fingerprint density at radius 2 is 1.81 bits per heavy atom. The van der Waals surface area contributed by atoms with E-state index >= 15 is 0 Å². The van der Waals surface area contributed by atoms with E-state index in [0.717, 1.165) is 0 Å².